The molecule has 4 nitrogen and oxygen atoms in total. The van der Waals surface area contributed by atoms with E-state index in [0.29, 0.717) is 0 Å². The molecule has 0 spiro atoms. The highest BCUT2D eigenvalue weighted by Crippen LogP contribution is 2.28. The van der Waals surface area contributed by atoms with Crippen LogP contribution >= 0.6 is 0 Å². The molecule has 186 valence electrons. The van der Waals surface area contributed by atoms with E-state index in [1.54, 1.807) is 0 Å². The molecule has 2 aromatic carbocycles. The minimum absolute atomic E-state index is 0. The van der Waals surface area contributed by atoms with Crippen LogP contribution < -0.4 is 57.4 Å². The number of nitrogens with zero attached hydrogens (tertiary/aromatic N) is 2. The molecule has 0 radical (unpaired) electrons. The van der Waals surface area contributed by atoms with Crippen molar-refractivity contribution in [1.29, 1.82) is 0 Å². The summed E-state index contributed by atoms with van der Waals surface area (Å²) in [5.41, 5.74) is 3.69. The lowest BCUT2D eigenvalue weighted by atomic mass is 9.96. The van der Waals surface area contributed by atoms with Crippen LogP contribution in [0.3, 0.4) is 0 Å². The maximum atomic E-state index is 5.93. The number of likely N-dealkylation sites (N-methyl/N-ethyl adjacent to an activating group) is 2. The second kappa shape index (κ2) is 15.2. The second-order valence-corrected chi connectivity index (χ2v) is 10.2. The molecule has 0 unspecified atom stereocenters. The number of benzene rings is 2. The normalized spacial score (nSPS) is 11.1. The van der Waals surface area contributed by atoms with E-state index < -0.39 is 0 Å². The first-order valence-corrected chi connectivity index (χ1v) is 11.3. The van der Waals surface area contributed by atoms with Crippen LogP contribution in [0.25, 0.3) is 5.57 Å². The molecule has 0 atom stereocenters. The second-order valence-electron chi connectivity index (χ2n) is 10.2. The molecule has 0 heterocycles. The molecule has 2 aromatic rings. The van der Waals surface area contributed by atoms with Crippen LogP contribution in [0, 0.1) is 0 Å². The average molecular weight is 680 g/mol. The number of unbranched alkanes of at least 4 members (excludes halogenated alkanes) is 1. The molecule has 0 fully saturated rings. The van der Waals surface area contributed by atoms with Crippen molar-refractivity contribution in [3.63, 3.8) is 0 Å². The van der Waals surface area contributed by atoms with Gasteiger partial charge < -0.3 is 66.4 Å². The van der Waals surface area contributed by atoms with E-state index in [-0.39, 0.29) is 48.0 Å². The van der Waals surface area contributed by atoms with Gasteiger partial charge in [0.15, 0.2) is 0 Å². The van der Waals surface area contributed by atoms with Crippen LogP contribution in [0.15, 0.2) is 54.6 Å². The van der Waals surface area contributed by atoms with Crippen molar-refractivity contribution in [3.8, 4) is 11.5 Å². The fourth-order valence-corrected chi connectivity index (χ4v) is 3.03. The predicted octanol–water partition coefficient (Wildman–Crippen LogP) is -0.904. The van der Waals surface area contributed by atoms with E-state index in [2.05, 4.69) is 104 Å². The Balaban J connectivity index is 0.00000512. The molecule has 0 saturated heterocycles. The average Bonchev–Trinajstić information content (AvgIpc) is 2.68. The molecule has 0 aliphatic heterocycles. The summed E-state index contributed by atoms with van der Waals surface area (Å²) in [5.74, 6) is 1.85. The fourth-order valence-electron chi connectivity index (χ4n) is 3.03. The van der Waals surface area contributed by atoms with Gasteiger partial charge in [0.2, 0.25) is 0 Å². The number of quaternary nitrogens is 2. The van der Waals surface area contributed by atoms with Gasteiger partial charge in [-0.15, -0.1) is 0 Å². The Labute approximate surface area is 236 Å². The smallest absolute Gasteiger partial charge is 0.137 e. The van der Waals surface area contributed by atoms with Gasteiger partial charge in [0, 0.05) is 0 Å². The van der Waals surface area contributed by atoms with Crippen molar-refractivity contribution >= 4 is 5.57 Å². The van der Waals surface area contributed by atoms with Crippen molar-refractivity contribution < 1.29 is 66.4 Å². The Hall–Kier alpha value is -0.840. The Morgan fingerprint density at radius 3 is 1.33 bits per heavy atom. The van der Waals surface area contributed by atoms with Crippen LogP contribution in [0.5, 0.6) is 11.5 Å². The molecule has 0 aliphatic carbocycles. The molecule has 0 bridgehead atoms. The Kier molecular flexibility index (Phi) is 14.8. The SMILES string of the molecule is CCCC=C(c1ccc(OCC[N+](C)(C)C)cc1)c1ccc(OCC[N+](C)(C)C)cc1.[I-].[I-]. The molecule has 33 heavy (non-hydrogen) atoms. The molecule has 6 heteroatoms. The summed E-state index contributed by atoms with van der Waals surface area (Å²) in [7, 11) is 13.1. The lowest BCUT2D eigenvalue weighted by Gasteiger charge is -2.23. The Bertz CT molecular complexity index is 756. The number of hydrogen-bond donors (Lipinski definition) is 0. The van der Waals surface area contributed by atoms with Gasteiger partial charge in [-0.1, -0.05) is 43.7 Å². The lowest BCUT2D eigenvalue weighted by Crippen LogP contribution is -3.00. The van der Waals surface area contributed by atoms with Crippen molar-refractivity contribution in [3.05, 3.63) is 65.7 Å². The highest BCUT2D eigenvalue weighted by Gasteiger charge is 2.10. The van der Waals surface area contributed by atoms with Gasteiger partial charge in [0.05, 0.1) is 42.3 Å². The first-order valence-electron chi connectivity index (χ1n) is 11.3. The topological polar surface area (TPSA) is 18.5 Å². The summed E-state index contributed by atoms with van der Waals surface area (Å²) in [6.45, 7) is 5.61. The Morgan fingerprint density at radius 2 is 1.03 bits per heavy atom. The van der Waals surface area contributed by atoms with Crippen molar-refractivity contribution in [2.75, 3.05) is 68.6 Å². The van der Waals surface area contributed by atoms with Crippen LogP contribution in [-0.2, 0) is 0 Å². The zero-order valence-corrected chi connectivity index (χ0v) is 25.7. The lowest BCUT2D eigenvalue weighted by molar-refractivity contribution is -0.870. The quantitative estimate of drug-likeness (QED) is 0.214. The zero-order chi connectivity index (χ0) is 22.9. The summed E-state index contributed by atoms with van der Waals surface area (Å²) < 4.78 is 13.7. The summed E-state index contributed by atoms with van der Waals surface area (Å²) in [6.07, 6.45) is 4.51. The van der Waals surface area contributed by atoms with Crippen LogP contribution in [-0.4, -0.2) is 77.6 Å². The molecular weight excluding hydrogens is 638 g/mol. The third-order valence-electron chi connectivity index (χ3n) is 5.03. The standard InChI is InChI=1S/C27H42N2O2.2HI/c1-8-9-10-27(23-11-15-25(16-12-23)30-21-19-28(2,3)4)24-13-17-26(18-14-24)31-22-20-29(5,6)7;;/h10-18H,8-9,19-22H2,1-7H3;2*1H/q+2;;/p-2. The number of rotatable bonds is 12. The fraction of sp³-hybridized carbons (Fsp3) is 0.481. The number of ether oxygens (including phenoxy) is 2. The van der Waals surface area contributed by atoms with Crippen LogP contribution in [0.1, 0.15) is 30.9 Å². The van der Waals surface area contributed by atoms with E-state index in [4.69, 9.17) is 9.47 Å². The number of halogens is 2. The van der Waals surface area contributed by atoms with Gasteiger partial charge >= 0.3 is 0 Å². The summed E-state index contributed by atoms with van der Waals surface area (Å²) in [6, 6.07) is 17.0. The van der Waals surface area contributed by atoms with Crippen molar-refractivity contribution in [2.24, 2.45) is 0 Å². The molecule has 0 aromatic heterocycles. The molecular formula is C27H42I2N2O2. The maximum absolute atomic E-state index is 5.93. The number of allylic oxidation sites excluding steroid dienone is 1. The van der Waals surface area contributed by atoms with Gasteiger partial charge in [-0.25, -0.2) is 0 Å². The van der Waals surface area contributed by atoms with Crippen LogP contribution in [0.4, 0.5) is 0 Å². The highest BCUT2D eigenvalue weighted by atomic mass is 127. The summed E-state index contributed by atoms with van der Waals surface area (Å²) in [4.78, 5) is 0. The first kappa shape index (κ1) is 32.2. The van der Waals surface area contributed by atoms with E-state index in [0.717, 1.165) is 59.6 Å². The third-order valence-corrected chi connectivity index (χ3v) is 5.03. The summed E-state index contributed by atoms with van der Waals surface area (Å²) >= 11 is 0. The third kappa shape index (κ3) is 13.0. The van der Waals surface area contributed by atoms with Gasteiger partial charge in [0.1, 0.15) is 37.8 Å². The van der Waals surface area contributed by atoms with Gasteiger partial charge in [0.25, 0.3) is 0 Å². The van der Waals surface area contributed by atoms with Crippen LogP contribution in [0.2, 0.25) is 0 Å². The maximum Gasteiger partial charge on any atom is 0.137 e. The Morgan fingerprint density at radius 1 is 0.667 bits per heavy atom. The molecule has 0 saturated carbocycles. The zero-order valence-electron chi connectivity index (χ0n) is 21.4. The molecule has 0 N–H and O–H groups in total. The minimum Gasteiger partial charge on any atom is -1.00 e. The van der Waals surface area contributed by atoms with E-state index in [1.165, 1.54) is 16.7 Å². The highest BCUT2D eigenvalue weighted by molar-refractivity contribution is 5.80. The predicted molar refractivity (Wildman–Crippen MR) is 132 cm³/mol. The van der Waals surface area contributed by atoms with E-state index in [9.17, 15) is 0 Å². The van der Waals surface area contributed by atoms with Crippen molar-refractivity contribution in [1.82, 2.24) is 0 Å². The molecule has 0 amide bonds. The monoisotopic (exact) mass is 680 g/mol. The van der Waals surface area contributed by atoms with E-state index >= 15 is 0 Å². The van der Waals surface area contributed by atoms with E-state index in [1.807, 2.05) is 0 Å². The first-order chi connectivity index (χ1) is 14.6. The molecule has 0 aliphatic rings. The largest absolute Gasteiger partial charge is 1.00 e. The molecule has 2 rings (SSSR count). The number of hydrogen-bond acceptors (Lipinski definition) is 2. The van der Waals surface area contributed by atoms with Gasteiger partial charge in [-0.3, -0.25) is 0 Å². The van der Waals surface area contributed by atoms with Gasteiger partial charge in [-0.2, -0.15) is 0 Å². The minimum atomic E-state index is 0. The van der Waals surface area contributed by atoms with Gasteiger partial charge in [-0.05, 0) is 47.4 Å². The van der Waals surface area contributed by atoms with Crippen molar-refractivity contribution in [2.45, 2.75) is 19.8 Å². The summed E-state index contributed by atoms with van der Waals surface area (Å²) in [5, 5.41) is 0.